The Hall–Kier alpha value is -2.87. The Morgan fingerprint density at radius 1 is 0.792 bits per heavy atom. The zero-order chi connectivity index (χ0) is 16.8. The summed E-state index contributed by atoms with van der Waals surface area (Å²) in [6.45, 7) is 0. The van der Waals surface area contributed by atoms with E-state index in [-0.39, 0.29) is 5.78 Å². The van der Waals surface area contributed by atoms with Crippen molar-refractivity contribution < 1.29 is 9.53 Å². The molecule has 0 saturated heterocycles. The van der Waals surface area contributed by atoms with Crippen molar-refractivity contribution >= 4 is 5.78 Å². The first-order chi connectivity index (χ1) is 11.8. The van der Waals surface area contributed by atoms with E-state index in [0.29, 0.717) is 6.42 Å². The Kier molecular flexibility index (Phi) is 5.07. The Morgan fingerprint density at radius 2 is 1.42 bits per heavy atom. The number of carbonyl (C=O) groups is 1. The van der Waals surface area contributed by atoms with Crippen LogP contribution >= 0.6 is 0 Å². The second-order valence-electron chi connectivity index (χ2n) is 5.65. The Labute approximate surface area is 142 Å². The summed E-state index contributed by atoms with van der Waals surface area (Å²) in [4.78, 5) is 12.8. The van der Waals surface area contributed by atoms with Gasteiger partial charge in [-0.2, -0.15) is 0 Å². The van der Waals surface area contributed by atoms with Gasteiger partial charge in [0, 0.05) is 17.5 Å². The number of aryl methyl sites for hydroxylation is 1. The lowest BCUT2D eigenvalue weighted by atomic mass is 9.94. The molecule has 0 atom stereocenters. The lowest BCUT2D eigenvalue weighted by molar-refractivity contribution is 0.0983. The van der Waals surface area contributed by atoms with E-state index in [1.807, 2.05) is 66.7 Å². The van der Waals surface area contributed by atoms with Crippen molar-refractivity contribution in [3.8, 4) is 16.9 Å². The van der Waals surface area contributed by atoms with Crippen molar-refractivity contribution in [2.75, 3.05) is 7.11 Å². The second kappa shape index (κ2) is 7.60. The highest BCUT2D eigenvalue weighted by Crippen LogP contribution is 2.32. The van der Waals surface area contributed by atoms with Gasteiger partial charge in [-0.05, 0) is 23.6 Å². The third-order valence-electron chi connectivity index (χ3n) is 4.11. The number of carbonyl (C=O) groups excluding carboxylic acids is 1. The third kappa shape index (κ3) is 3.54. The van der Waals surface area contributed by atoms with E-state index in [1.165, 1.54) is 5.56 Å². The van der Waals surface area contributed by atoms with Crippen LogP contribution in [0.1, 0.15) is 22.3 Å². The number of ketones is 1. The van der Waals surface area contributed by atoms with Gasteiger partial charge in [0.05, 0.1) is 7.11 Å². The van der Waals surface area contributed by atoms with E-state index < -0.39 is 0 Å². The predicted molar refractivity (Wildman–Crippen MR) is 97.5 cm³/mol. The molecule has 0 saturated carbocycles. The van der Waals surface area contributed by atoms with Gasteiger partial charge < -0.3 is 4.74 Å². The maximum absolute atomic E-state index is 12.8. The van der Waals surface area contributed by atoms with Crippen molar-refractivity contribution in [1.82, 2.24) is 0 Å². The van der Waals surface area contributed by atoms with Crippen LogP contribution in [-0.2, 0) is 6.42 Å². The largest absolute Gasteiger partial charge is 0.496 e. The highest BCUT2D eigenvalue weighted by atomic mass is 16.5. The third-order valence-corrected chi connectivity index (χ3v) is 4.11. The molecule has 2 heteroatoms. The van der Waals surface area contributed by atoms with Gasteiger partial charge in [0.2, 0.25) is 0 Å². The average molecular weight is 316 g/mol. The molecule has 2 nitrogen and oxygen atoms in total. The predicted octanol–water partition coefficient (Wildman–Crippen LogP) is 5.18. The van der Waals surface area contributed by atoms with E-state index in [4.69, 9.17) is 4.74 Å². The topological polar surface area (TPSA) is 26.3 Å². The van der Waals surface area contributed by atoms with Crippen molar-refractivity contribution in [2.24, 2.45) is 0 Å². The summed E-state index contributed by atoms with van der Waals surface area (Å²) in [6, 6.07) is 25.6. The summed E-state index contributed by atoms with van der Waals surface area (Å²) in [5.74, 6) is 0.932. The fraction of sp³-hybridized carbons (Fsp3) is 0.136. The van der Waals surface area contributed by atoms with Crippen molar-refractivity contribution in [3.05, 3.63) is 90.0 Å². The summed E-state index contributed by atoms with van der Waals surface area (Å²) in [7, 11) is 1.65. The second-order valence-corrected chi connectivity index (χ2v) is 5.65. The number of rotatable bonds is 6. The molecule has 0 amide bonds. The molecule has 24 heavy (non-hydrogen) atoms. The number of ether oxygens (including phenoxy) is 1. The first-order valence-electron chi connectivity index (χ1n) is 8.09. The molecule has 0 fully saturated rings. The summed E-state index contributed by atoms with van der Waals surface area (Å²) in [5, 5.41) is 0. The van der Waals surface area contributed by atoms with Crippen LogP contribution in [-0.4, -0.2) is 12.9 Å². The zero-order valence-electron chi connectivity index (χ0n) is 13.7. The van der Waals surface area contributed by atoms with Crippen LogP contribution in [0.2, 0.25) is 0 Å². The fourth-order valence-corrected chi connectivity index (χ4v) is 2.87. The molecule has 0 aromatic heterocycles. The summed E-state index contributed by atoms with van der Waals surface area (Å²) >= 11 is 0. The van der Waals surface area contributed by atoms with Crippen molar-refractivity contribution in [3.63, 3.8) is 0 Å². The van der Waals surface area contributed by atoms with Gasteiger partial charge in [0.1, 0.15) is 5.75 Å². The number of para-hydroxylation sites is 1. The Balaban J connectivity index is 1.87. The van der Waals surface area contributed by atoms with Gasteiger partial charge in [0.15, 0.2) is 5.78 Å². The summed E-state index contributed by atoms with van der Waals surface area (Å²) < 4.78 is 5.45. The molecule has 3 rings (SSSR count). The van der Waals surface area contributed by atoms with E-state index in [1.54, 1.807) is 7.11 Å². The van der Waals surface area contributed by atoms with Gasteiger partial charge in [-0.3, -0.25) is 4.79 Å². The fourth-order valence-electron chi connectivity index (χ4n) is 2.87. The molecule has 0 aliphatic rings. The first-order valence-corrected chi connectivity index (χ1v) is 8.09. The number of benzene rings is 3. The molecular weight excluding hydrogens is 296 g/mol. The van der Waals surface area contributed by atoms with E-state index in [0.717, 1.165) is 28.9 Å². The summed E-state index contributed by atoms with van der Waals surface area (Å²) in [5.41, 5.74) is 3.80. The highest BCUT2D eigenvalue weighted by Gasteiger charge is 2.15. The van der Waals surface area contributed by atoms with Crippen molar-refractivity contribution in [2.45, 2.75) is 12.8 Å². The molecular formula is C22H20O2. The first kappa shape index (κ1) is 16.0. The molecule has 0 aliphatic heterocycles. The smallest absolute Gasteiger partial charge is 0.163 e. The van der Waals surface area contributed by atoms with E-state index in [2.05, 4.69) is 12.1 Å². The van der Waals surface area contributed by atoms with Crippen LogP contribution in [0.15, 0.2) is 78.9 Å². The SMILES string of the molecule is COc1ccccc1-c1ccccc1C(=O)CCc1ccccc1. The van der Waals surface area contributed by atoms with Gasteiger partial charge in [-0.15, -0.1) is 0 Å². The lowest BCUT2D eigenvalue weighted by Gasteiger charge is -2.12. The van der Waals surface area contributed by atoms with Crippen LogP contribution in [0.25, 0.3) is 11.1 Å². The molecule has 0 heterocycles. The van der Waals surface area contributed by atoms with Gasteiger partial charge in [0.25, 0.3) is 0 Å². The monoisotopic (exact) mass is 316 g/mol. The van der Waals surface area contributed by atoms with Crippen LogP contribution in [0.4, 0.5) is 0 Å². The van der Waals surface area contributed by atoms with Gasteiger partial charge in [-0.25, -0.2) is 0 Å². The number of Topliss-reactive ketones (excluding diaryl/α,β-unsaturated/α-hetero) is 1. The Morgan fingerprint density at radius 3 is 2.17 bits per heavy atom. The van der Waals surface area contributed by atoms with Crippen LogP contribution in [0, 0.1) is 0 Å². The highest BCUT2D eigenvalue weighted by molar-refractivity contribution is 6.03. The molecule has 3 aromatic rings. The average Bonchev–Trinajstić information content (AvgIpc) is 2.67. The van der Waals surface area contributed by atoms with Crippen LogP contribution in [0.3, 0.4) is 0 Å². The molecule has 0 N–H and O–H groups in total. The van der Waals surface area contributed by atoms with E-state index in [9.17, 15) is 4.79 Å². The minimum atomic E-state index is 0.153. The Bertz CT molecular complexity index is 822. The quantitative estimate of drug-likeness (QED) is 0.586. The number of methoxy groups -OCH3 is 1. The lowest BCUT2D eigenvalue weighted by Crippen LogP contribution is -2.04. The molecule has 0 bridgehead atoms. The molecule has 0 aliphatic carbocycles. The van der Waals surface area contributed by atoms with Crippen LogP contribution < -0.4 is 4.74 Å². The van der Waals surface area contributed by atoms with Gasteiger partial charge >= 0.3 is 0 Å². The number of hydrogen-bond donors (Lipinski definition) is 0. The zero-order valence-corrected chi connectivity index (χ0v) is 13.7. The maximum Gasteiger partial charge on any atom is 0.163 e. The standard InChI is InChI=1S/C22H20O2/c1-24-22-14-8-7-13-20(22)18-11-5-6-12-19(18)21(23)16-15-17-9-3-2-4-10-17/h2-14H,15-16H2,1H3. The molecule has 3 aromatic carbocycles. The molecule has 120 valence electrons. The molecule has 0 spiro atoms. The minimum Gasteiger partial charge on any atom is -0.496 e. The normalized spacial score (nSPS) is 10.4. The molecule has 0 radical (unpaired) electrons. The maximum atomic E-state index is 12.8. The minimum absolute atomic E-state index is 0.153. The van der Waals surface area contributed by atoms with Crippen LogP contribution in [0.5, 0.6) is 5.75 Å². The van der Waals surface area contributed by atoms with Crippen molar-refractivity contribution in [1.29, 1.82) is 0 Å². The molecule has 0 unspecified atom stereocenters. The van der Waals surface area contributed by atoms with E-state index >= 15 is 0 Å². The summed E-state index contributed by atoms with van der Waals surface area (Å²) in [6.07, 6.45) is 1.25. The van der Waals surface area contributed by atoms with Gasteiger partial charge in [-0.1, -0.05) is 72.8 Å². The number of hydrogen-bond acceptors (Lipinski definition) is 2.